The van der Waals surface area contributed by atoms with E-state index in [1.807, 2.05) is 0 Å². The molecule has 5 rings (SSSR count). The molecule has 0 unspecified atom stereocenters. The van der Waals surface area contributed by atoms with Crippen LogP contribution in [0.3, 0.4) is 0 Å². The van der Waals surface area contributed by atoms with E-state index in [0.29, 0.717) is 11.4 Å². The Morgan fingerprint density at radius 1 is 1.18 bits per heavy atom. The molecule has 4 aliphatic rings. The smallest absolute Gasteiger partial charge is 0.265 e. The average molecular weight is 495 g/mol. The Kier molecular flexibility index (Phi) is 5.29. The molecule has 0 saturated carbocycles. The van der Waals surface area contributed by atoms with E-state index in [9.17, 15) is 22.0 Å². The number of azo groups is 1. The predicted octanol–water partition coefficient (Wildman–Crippen LogP) is 4.27. The molecule has 1 saturated heterocycles. The number of dihydropyridines is 1. The fraction of sp³-hybridized carbons (Fsp3) is 0.522. The second kappa shape index (κ2) is 7.74. The quantitative estimate of drug-likeness (QED) is 0.680. The van der Waals surface area contributed by atoms with Crippen LogP contribution in [0.15, 0.2) is 62.1 Å². The van der Waals surface area contributed by atoms with Gasteiger partial charge in [-0.3, -0.25) is 4.79 Å². The van der Waals surface area contributed by atoms with Gasteiger partial charge in [-0.05, 0) is 18.9 Å². The monoisotopic (exact) mass is 494 g/mol. The molecule has 3 heterocycles. The molecule has 0 radical (unpaired) electrons. The van der Waals surface area contributed by atoms with Gasteiger partial charge in [0.15, 0.2) is 11.6 Å². The lowest BCUT2D eigenvalue weighted by atomic mass is 9.59. The number of hydrogen-bond acceptors (Lipinski definition) is 6. The third-order valence-corrected chi connectivity index (χ3v) is 9.42. The number of nitrogens with one attached hydrogen (secondary N) is 1. The zero-order chi connectivity index (χ0) is 24.5. The van der Waals surface area contributed by atoms with Crippen molar-refractivity contribution in [2.24, 2.45) is 21.1 Å². The number of alkyl halides is 3. The summed E-state index contributed by atoms with van der Waals surface area (Å²) in [6.45, 7) is 3.64. The molecule has 0 aromatic heterocycles. The minimum atomic E-state index is -4.19. The second-order valence-corrected chi connectivity index (χ2v) is 11.8. The molecule has 34 heavy (non-hydrogen) atoms. The number of carbonyl (C=O) groups excluding carboxylic acids is 1. The third-order valence-electron chi connectivity index (χ3n) is 7.45. The minimum absolute atomic E-state index is 0.00108. The largest absolute Gasteiger partial charge is 0.339 e. The van der Waals surface area contributed by atoms with Gasteiger partial charge in [-0.25, -0.2) is 21.6 Å². The number of carbonyl (C=O) groups is 1. The number of sulfonamides is 1. The Balaban J connectivity index is 1.52. The van der Waals surface area contributed by atoms with Crippen molar-refractivity contribution in [3.63, 3.8) is 0 Å². The fourth-order valence-corrected chi connectivity index (χ4v) is 7.32. The van der Waals surface area contributed by atoms with Gasteiger partial charge in [0.2, 0.25) is 10.0 Å². The molecule has 3 aliphatic heterocycles. The van der Waals surface area contributed by atoms with Gasteiger partial charge in [0.05, 0.1) is 17.1 Å². The number of Topliss-reactive ketones (excluding diaryl/α,β-unsaturated/α-hetero) is 1. The predicted molar refractivity (Wildman–Crippen MR) is 117 cm³/mol. The Morgan fingerprint density at radius 2 is 1.85 bits per heavy atom. The van der Waals surface area contributed by atoms with Crippen LogP contribution in [-0.2, 0) is 14.8 Å². The maximum Gasteiger partial charge on any atom is 0.265 e. The zero-order valence-corrected chi connectivity index (χ0v) is 19.6. The molecule has 11 heteroatoms. The van der Waals surface area contributed by atoms with Crippen LogP contribution in [0.25, 0.3) is 0 Å². The third kappa shape index (κ3) is 3.27. The van der Waals surface area contributed by atoms with Crippen molar-refractivity contribution in [3.8, 4) is 0 Å². The first-order valence-corrected chi connectivity index (χ1v) is 12.6. The van der Waals surface area contributed by atoms with E-state index >= 15 is 4.39 Å². The lowest BCUT2D eigenvalue weighted by Crippen LogP contribution is -2.53. The number of hydrogen-bond donors (Lipinski definition) is 1. The molecule has 7 nitrogen and oxygen atoms in total. The van der Waals surface area contributed by atoms with E-state index in [1.54, 1.807) is 13.8 Å². The number of benzene rings is 1. The van der Waals surface area contributed by atoms with Gasteiger partial charge >= 0.3 is 0 Å². The Bertz CT molecular complexity index is 1260. The number of halogens is 3. The molecule has 182 valence electrons. The highest BCUT2D eigenvalue weighted by molar-refractivity contribution is 7.89. The maximum atomic E-state index is 15.5. The first-order valence-electron chi connectivity index (χ1n) is 11.2. The number of ketones is 1. The van der Waals surface area contributed by atoms with Crippen molar-refractivity contribution < 1.29 is 26.4 Å². The normalized spacial score (nSPS) is 26.2. The number of rotatable bonds is 3. The highest BCUT2D eigenvalue weighted by Crippen LogP contribution is 2.55. The van der Waals surface area contributed by atoms with E-state index < -0.39 is 43.9 Å². The van der Waals surface area contributed by atoms with Crippen molar-refractivity contribution in [2.75, 3.05) is 19.6 Å². The van der Waals surface area contributed by atoms with Gasteiger partial charge in [-0.2, -0.15) is 9.42 Å². The summed E-state index contributed by atoms with van der Waals surface area (Å²) in [4.78, 5) is 12.9. The summed E-state index contributed by atoms with van der Waals surface area (Å²) in [7, 11) is -4.19. The van der Waals surface area contributed by atoms with Crippen LogP contribution in [0.1, 0.15) is 45.1 Å². The number of allylic oxidation sites excluding steroid dienone is 2. The van der Waals surface area contributed by atoms with E-state index in [-0.39, 0.29) is 50.4 Å². The van der Waals surface area contributed by atoms with Gasteiger partial charge in [0, 0.05) is 47.0 Å². The molecule has 1 atom stereocenters. The average Bonchev–Trinajstić information content (AvgIpc) is 3.27. The van der Waals surface area contributed by atoms with Gasteiger partial charge in [-0.1, -0.05) is 32.0 Å². The van der Waals surface area contributed by atoms with Crippen LogP contribution in [0, 0.1) is 10.8 Å². The van der Waals surface area contributed by atoms with Crippen molar-refractivity contribution in [1.29, 1.82) is 0 Å². The number of nitrogens with zero attached hydrogens (tertiary/aromatic N) is 3. The van der Waals surface area contributed by atoms with Gasteiger partial charge in [-0.15, -0.1) is 5.11 Å². The second-order valence-electron chi connectivity index (χ2n) is 9.92. The number of fused-ring (bicyclic) bond motifs is 2. The highest BCUT2D eigenvalue weighted by Gasteiger charge is 2.56. The summed E-state index contributed by atoms with van der Waals surface area (Å²) in [5.74, 6) is 0.255. The molecule has 0 amide bonds. The highest BCUT2D eigenvalue weighted by atomic mass is 32.2. The summed E-state index contributed by atoms with van der Waals surface area (Å²) < 4.78 is 70.3. The lowest BCUT2D eigenvalue weighted by molar-refractivity contribution is -0.121. The Morgan fingerprint density at radius 3 is 2.53 bits per heavy atom. The van der Waals surface area contributed by atoms with Gasteiger partial charge < -0.3 is 5.32 Å². The Hall–Kier alpha value is -2.53. The zero-order valence-electron chi connectivity index (χ0n) is 18.8. The van der Waals surface area contributed by atoms with Crippen molar-refractivity contribution in [1.82, 2.24) is 9.62 Å². The first kappa shape index (κ1) is 23.2. The van der Waals surface area contributed by atoms with Crippen molar-refractivity contribution >= 4 is 15.8 Å². The lowest BCUT2D eigenvalue weighted by Gasteiger charge is -2.49. The van der Waals surface area contributed by atoms with Gasteiger partial charge in [0.1, 0.15) is 6.17 Å². The summed E-state index contributed by atoms with van der Waals surface area (Å²) in [5.41, 5.74) is -1.00. The van der Waals surface area contributed by atoms with E-state index in [2.05, 4.69) is 15.5 Å². The first-order chi connectivity index (χ1) is 16.0. The van der Waals surface area contributed by atoms with Crippen LogP contribution in [0.2, 0.25) is 0 Å². The fourth-order valence-electron chi connectivity index (χ4n) is 5.67. The SMILES string of the molecule is CC1(C)CC(=O)C2=C(NC3=C(CN=N3)C23CCN(S(=O)(=O)c2ccccc2C(F)F)CC3)[C@H]1F. The molecule has 1 aromatic carbocycles. The van der Waals surface area contributed by atoms with Crippen LogP contribution in [0.5, 0.6) is 0 Å². The van der Waals surface area contributed by atoms with Crippen LogP contribution < -0.4 is 5.32 Å². The van der Waals surface area contributed by atoms with E-state index in [0.717, 1.165) is 11.6 Å². The summed E-state index contributed by atoms with van der Waals surface area (Å²) >= 11 is 0. The van der Waals surface area contributed by atoms with Gasteiger partial charge in [0.25, 0.3) is 6.43 Å². The van der Waals surface area contributed by atoms with Crippen molar-refractivity contribution in [3.05, 3.63) is 52.5 Å². The topological polar surface area (TPSA) is 91.2 Å². The summed E-state index contributed by atoms with van der Waals surface area (Å²) in [6.07, 6.45) is -3.88. The molecular weight excluding hydrogens is 469 g/mol. The summed E-state index contributed by atoms with van der Waals surface area (Å²) in [5, 5.41) is 11.2. The molecule has 1 aliphatic carbocycles. The molecule has 1 N–H and O–H groups in total. The van der Waals surface area contributed by atoms with Crippen LogP contribution in [0.4, 0.5) is 13.2 Å². The minimum Gasteiger partial charge on any atom is -0.339 e. The van der Waals surface area contributed by atoms with E-state index in [1.165, 1.54) is 22.5 Å². The van der Waals surface area contributed by atoms with E-state index in [4.69, 9.17) is 0 Å². The maximum absolute atomic E-state index is 15.5. The van der Waals surface area contributed by atoms with Crippen LogP contribution in [-0.4, -0.2) is 44.3 Å². The number of piperidine rings is 1. The standard InChI is InChI=1S/C23H25F3N4O3S/c1-22(2)11-15(31)17-18(19(22)24)28-21-14(12-27-29-21)23(17)7-9-30(10-8-23)34(32,33)16-6-4-3-5-13(16)20(25)26/h3-6,19-20,28H,7-12H2,1-2H3/t19-/m1/s1. The molecule has 1 aromatic rings. The molecule has 0 bridgehead atoms. The summed E-state index contributed by atoms with van der Waals surface area (Å²) in [6, 6.07) is 5.08. The Labute approximate surface area is 195 Å². The van der Waals surface area contributed by atoms with Crippen molar-refractivity contribution in [2.45, 2.75) is 50.6 Å². The van der Waals surface area contributed by atoms with Crippen LogP contribution >= 0.6 is 0 Å². The molecular formula is C23H25F3N4O3S. The molecule has 1 fully saturated rings. The molecule has 1 spiro atoms.